The molecule has 20 heavy (non-hydrogen) atoms. The molecule has 2 rings (SSSR count). The molecule has 0 spiro atoms. The lowest BCUT2D eigenvalue weighted by Crippen LogP contribution is -2.26. The average molecular weight is 287 g/mol. The molecule has 5 heteroatoms. The van der Waals surface area contributed by atoms with Crippen LogP contribution in [-0.4, -0.2) is 24.0 Å². The molecule has 104 valence electrons. The maximum Gasteiger partial charge on any atom is 0.216 e. The molecule has 0 aliphatic heterocycles. The summed E-state index contributed by atoms with van der Waals surface area (Å²) in [5, 5.41) is 8.16. The van der Waals surface area contributed by atoms with Crippen molar-refractivity contribution in [2.45, 2.75) is 6.92 Å². The molecule has 0 saturated carbocycles. The van der Waals surface area contributed by atoms with E-state index in [-0.39, 0.29) is 5.91 Å². The Labute approximate surface area is 123 Å². The first-order chi connectivity index (χ1) is 9.59. The van der Waals surface area contributed by atoms with Gasteiger partial charge < -0.3 is 16.4 Å². The first kappa shape index (κ1) is 14.3. The van der Waals surface area contributed by atoms with Crippen molar-refractivity contribution in [1.82, 2.24) is 5.32 Å². The van der Waals surface area contributed by atoms with Crippen LogP contribution in [0.15, 0.2) is 36.4 Å². The zero-order chi connectivity index (χ0) is 14.5. The van der Waals surface area contributed by atoms with Crippen molar-refractivity contribution in [3.05, 3.63) is 42.0 Å². The molecule has 1 amide bonds. The quantitative estimate of drug-likeness (QED) is 0.581. The number of nitrogens with two attached hydrogens (primary N) is 1. The normalized spacial score (nSPS) is 10.2. The third-order valence-corrected chi connectivity index (χ3v) is 3.22. The first-order valence-corrected chi connectivity index (χ1v) is 6.80. The number of rotatable bonds is 5. The number of thiocarbonyl (C=S) groups is 1. The molecule has 0 saturated heterocycles. The molecule has 0 unspecified atom stereocenters. The van der Waals surface area contributed by atoms with Crippen LogP contribution >= 0.6 is 12.2 Å². The molecule has 0 fully saturated rings. The van der Waals surface area contributed by atoms with E-state index in [4.69, 9.17) is 18.0 Å². The maximum absolute atomic E-state index is 10.8. The molecule has 2 aromatic carbocycles. The van der Waals surface area contributed by atoms with Gasteiger partial charge in [0.25, 0.3) is 0 Å². The Morgan fingerprint density at radius 3 is 2.50 bits per heavy atom. The summed E-state index contributed by atoms with van der Waals surface area (Å²) in [6.45, 7) is 2.75. The van der Waals surface area contributed by atoms with E-state index >= 15 is 0 Å². The third-order valence-electron chi connectivity index (χ3n) is 3.00. The van der Waals surface area contributed by atoms with Crippen LogP contribution in [0.25, 0.3) is 10.8 Å². The van der Waals surface area contributed by atoms with Crippen molar-refractivity contribution in [3.63, 3.8) is 0 Å². The van der Waals surface area contributed by atoms with E-state index in [1.807, 2.05) is 36.4 Å². The highest BCUT2D eigenvalue weighted by Gasteiger charge is 2.07. The molecule has 0 radical (unpaired) electrons. The van der Waals surface area contributed by atoms with Gasteiger partial charge in [0, 0.05) is 36.7 Å². The number of carbonyl (C=O) groups is 1. The highest BCUT2D eigenvalue weighted by atomic mass is 32.1. The minimum atomic E-state index is -0.0273. The van der Waals surface area contributed by atoms with E-state index in [0.29, 0.717) is 18.1 Å². The Morgan fingerprint density at radius 1 is 1.15 bits per heavy atom. The van der Waals surface area contributed by atoms with Crippen molar-refractivity contribution >= 4 is 39.6 Å². The van der Waals surface area contributed by atoms with Gasteiger partial charge in [0.15, 0.2) is 0 Å². The topological polar surface area (TPSA) is 67.2 Å². The van der Waals surface area contributed by atoms with E-state index in [9.17, 15) is 4.79 Å². The zero-order valence-electron chi connectivity index (χ0n) is 11.3. The average Bonchev–Trinajstić information content (AvgIpc) is 2.43. The first-order valence-electron chi connectivity index (χ1n) is 6.39. The number of hydrogen-bond donors (Lipinski definition) is 3. The summed E-state index contributed by atoms with van der Waals surface area (Å²) in [7, 11) is 0. The van der Waals surface area contributed by atoms with Gasteiger partial charge >= 0.3 is 0 Å². The van der Waals surface area contributed by atoms with Gasteiger partial charge in [0.2, 0.25) is 5.91 Å². The summed E-state index contributed by atoms with van der Waals surface area (Å²) in [4.78, 5) is 11.2. The van der Waals surface area contributed by atoms with Gasteiger partial charge in [0.05, 0.1) is 0 Å². The lowest BCUT2D eigenvalue weighted by Gasteiger charge is -2.12. The number of carbonyl (C=O) groups excluding carboxylic acids is 1. The lowest BCUT2D eigenvalue weighted by molar-refractivity contribution is -0.118. The Balaban J connectivity index is 2.24. The number of nitrogens with one attached hydrogen (secondary N) is 2. The number of hydrogen-bond acceptors (Lipinski definition) is 3. The summed E-state index contributed by atoms with van der Waals surface area (Å²) >= 11 is 5.08. The van der Waals surface area contributed by atoms with Crippen LogP contribution in [0.3, 0.4) is 0 Å². The van der Waals surface area contributed by atoms with Crippen LogP contribution in [0.5, 0.6) is 0 Å². The van der Waals surface area contributed by atoms with Gasteiger partial charge in [-0.3, -0.25) is 4.79 Å². The summed E-state index contributed by atoms with van der Waals surface area (Å²) < 4.78 is 0. The molecule has 2 aromatic rings. The summed E-state index contributed by atoms with van der Waals surface area (Å²) in [6.07, 6.45) is 0. The van der Waals surface area contributed by atoms with E-state index in [1.165, 1.54) is 6.92 Å². The van der Waals surface area contributed by atoms with Crippen LogP contribution < -0.4 is 16.4 Å². The van der Waals surface area contributed by atoms with Gasteiger partial charge in [-0.25, -0.2) is 0 Å². The summed E-state index contributed by atoms with van der Waals surface area (Å²) in [5.74, 6) is -0.0273. The van der Waals surface area contributed by atoms with Gasteiger partial charge in [0.1, 0.15) is 4.99 Å². The monoisotopic (exact) mass is 287 g/mol. The van der Waals surface area contributed by atoms with Crippen molar-refractivity contribution in [2.75, 3.05) is 18.4 Å². The van der Waals surface area contributed by atoms with Crippen LogP contribution in [0.4, 0.5) is 5.69 Å². The second-order valence-corrected chi connectivity index (χ2v) is 4.92. The Morgan fingerprint density at radius 2 is 1.85 bits per heavy atom. The standard InChI is InChI=1S/C15H17N3OS/c1-10(19)17-8-9-18-14-7-6-13(15(16)20)11-4-2-3-5-12(11)14/h2-7,18H,8-9H2,1H3,(H2,16,20)(H,17,19). The van der Waals surface area contributed by atoms with Crippen molar-refractivity contribution in [1.29, 1.82) is 0 Å². The van der Waals surface area contributed by atoms with E-state index in [0.717, 1.165) is 22.0 Å². The second-order valence-electron chi connectivity index (χ2n) is 4.48. The molecule has 0 aliphatic carbocycles. The third kappa shape index (κ3) is 3.24. The van der Waals surface area contributed by atoms with Gasteiger partial charge in [-0.05, 0) is 17.5 Å². The predicted molar refractivity (Wildman–Crippen MR) is 87.0 cm³/mol. The van der Waals surface area contributed by atoms with Crippen molar-refractivity contribution < 1.29 is 4.79 Å². The zero-order valence-corrected chi connectivity index (χ0v) is 12.1. The highest BCUT2D eigenvalue weighted by molar-refractivity contribution is 7.80. The van der Waals surface area contributed by atoms with Crippen LogP contribution in [0.2, 0.25) is 0 Å². The number of benzene rings is 2. The van der Waals surface area contributed by atoms with Crippen LogP contribution in [0, 0.1) is 0 Å². The molecule has 0 atom stereocenters. The maximum atomic E-state index is 10.8. The fraction of sp³-hybridized carbons (Fsp3) is 0.200. The molecular formula is C15H17N3OS. The van der Waals surface area contributed by atoms with Gasteiger partial charge in [-0.15, -0.1) is 0 Å². The van der Waals surface area contributed by atoms with Gasteiger partial charge in [-0.1, -0.05) is 36.5 Å². The molecule has 0 heterocycles. The highest BCUT2D eigenvalue weighted by Crippen LogP contribution is 2.26. The molecule has 0 aliphatic rings. The second kappa shape index (κ2) is 6.34. The van der Waals surface area contributed by atoms with Crippen molar-refractivity contribution in [2.24, 2.45) is 5.73 Å². The SMILES string of the molecule is CC(=O)NCCNc1ccc(C(N)=S)c2ccccc12. The Hall–Kier alpha value is -2.14. The smallest absolute Gasteiger partial charge is 0.216 e. The molecule has 0 bridgehead atoms. The van der Waals surface area contributed by atoms with E-state index < -0.39 is 0 Å². The summed E-state index contributed by atoms with van der Waals surface area (Å²) in [5.41, 5.74) is 7.63. The molecule has 4 nitrogen and oxygen atoms in total. The number of amides is 1. The number of anilines is 1. The molecular weight excluding hydrogens is 270 g/mol. The van der Waals surface area contributed by atoms with E-state index in [2.05, 4.69) is 10.6 Å². The lowest BCUT2D eigenvalue weighted by atomic mass is 10.0. The minimum Gasteiger partial charge on any atom is -0.389 e. The van der Waals surface area contributed by atoms with Crippen molar-refractivity contribution in [3.8, 4) is 0 Å². The molecule has 4 N–H and O–H groups in total. The van der Waals surface area contributed by atoms with Crippen LogP contribution in [0.1, 0.15) is 12.5 Å². The fourth-order valence-electron chi connectivity index (χ4n) is 2.10. The fourth-order valence-corrected chi connectivity index (χ4v) is 2.28. The largest absolute Gasteiger partial charge is 0.389 e. The number of fused-ring (bicyclic) bond motifs is 1. The predicted octanol–water partition coefficient (Wildman–Crippen LogP) is 2.02. The Bertz CT molecular complexity index is 655. The van der Waals surface area contributed by atoms with Gasteiger partial charge in [-0.2, -0.15) is 0 Å². The minimum absolute atomic E-state index is 0.0273. The van der Waals surface area contributed by atoms with E-state index in [1.54, 1.807) is 0 Å². The molecule has 0 aromatic heterocycles. The summed E-state index contributed by atoms with van der Waals surface area (Å²) in [6, 6.07) is 11.9. The van der Waals surface area contributed by atoms with Crippen LogP contribution in [-0.2, 0) is 4.79 Å². The Kier molecular flexibility index (Phi) is 4.53.